The van der Waals surface area contributed by atoms with E-state index in [0.29, 0.717) is 6.04 Å². The van der Waals surface area contributed by atoms with E-state index in [1.165, 1.54) is 32.1 Å². The highest BCUT2D eigenvalue weighted by molar-refractivity contribution is 7.98. The third-order valence-corrected chi connectivity index (χ3v) is 4.71. The molecule has 18 heavy (non-hydrogen) atoms. The molecule has 1 aliphatic rings. The van der Waals surface area contributed by atoms with Gasteiger partial charge >= 0.3 is 0 Å². The molecule has 0 spiro atoms. The lowest BCUT2D eigenvalue weighted by Gasteiger charge is -2.25. The molecular formula is C14H17ClN2S. The fourth-order valence-electron chi connectivity index (χ4n) is 2.91. The van der Waals surface area contributed by atoms with Crippen LogP contribution in [0.5, 0.6) is 0 Å². The summed E-state index contributed by atoms with van der Waals surface area (Å²) in [7, 11) is 0. The molecule has 0 N–H and O–H groups in total. The van der Waals surface area contributed by atoms with E-state index in [9.17, 15) is 0 Å². The Hall–Kier alpha value is -0.670. The van der Waals surface area contributed by atoms with Gasteiger partial charge in [-0.05, 0) is 31.2 Å². The van der Waals surface area contributed by atoms with Crippen molar-refractivity contribution in [1.29, 1.82) is 0 Å². The second-order valence-corrected chi connectivity index (χ2v) is 6.05. The molecule has 1 heterocycles. The first-order valence-corrected chi connectivity index (χ1v) is 8.12. The quantitative estimate of drug-likeness (QED) is 0.727. The Labute approximate surface area is 117 Å². The largest absolute Gasteiger partial charge is 0.315 e. The molecule has 96 valence electrons. The van der Waals surface area contributed by atoms with Crippen LogP contribution in [0.1, 0.15) is 38.1 Å². The summed E-state index contributed by atoms with van der Waals surface area (Å²) in [5.74, 6) is 0. The molecule has 0 bridgehead atoms. The summed E-state index contributed by atoms with van der Waals surface area (Å²) >= 11 is 8.10. The molecule has 0 saturated heterocycles. The Morgan fingerprint density at radius 2 is 2.06 bits per heavy atom. The number of thioether (sulfide) groups is 1. The Kier molecular flexibility index (Phi) is 3.53. The summed E-state index contributed by atoms with van der Waals surface area (Å²) in [5.41, 5.74) is 2.15. The molecule has 1 fully saturated rings. The minimum atomic E-state index is 0.575. The third-order valence-electron chi connectivity index (χ3n) is 3.75. The number of benzene rings is 1. The van der Waals surface area contributed by atoms with Crippen molar-refractivity contribution in [1.82, 2.24) is 9.55 Å². The maximum absolute atomic E-state index is 6.38. The lowest BCUT2D eigenvalue weighted by Crippen LogP contribution is -2.13. The van der Waals surface area contributed by atoms with Crippen molar-refractivity contribution < 1.29 is 0 Å². The predicted octanol–water partition coefficient (Wildman–Crippen LogP) is 4.92. The van der Waals surface area contributed by atoms with Crippen LogP contribution in [0.2, 0.25) is 5.02 Å². The second kappa shape index (κ2) is 5.14. The molecule has 2 nitrogen and oxygen atoms in total. The molecule has 1 saturated carbocycles. The van der Waals surface area contributed by atoms with Gasteiger partial charge in [0, 0.05) is 6.04 Å². The zero-order valence-electron chi connectivity index (χ0n) is 10.5. The van der Waals surface area contributed by atoms with E-state index >= 15 is 0 Å². The van der Waals surface area contributed by atoms with Crippen LogP contribution in [-0.2, 0) is 0 Å². The van der Waals surface area contributed by atoms with Crippen LogP contribution in [-0.4, -0.2) is 15.8 Å². The van der Waals surface area contributed by atoms with Gasteiger partial charge in [-0.3, -0.25) is 0 Å². The lowest BCUT2D eigenvalue weighted by atomic mass is 9.95. The van der Waals surface area contributed by atoms with Gasteiger partial charge in [-0.1, -0.05) is 48.7 Å². The van der Waals surface area contributed by atoms with Crippen molar-refractivity contribution in [3.8, 4) is 0 Å². The number of hydrogen-bond acceptors (Lipinski definition) is 2. The predicted molar refractivity (Wildman–Crippen MR) is 78.6 cm³/mol. The minimum absolute atomic E-state index is 0.575. The van der Waals surface area contributed by atoms with E-state index in [4.69, 9.17) is 16.6 Å². The van der Waals surface area contributed by atoms with E-state index in [2.05, 4.69) is 16.9 Å². The number of imidazole rings is 1. The SMILES string of the molecule is CSc1nc2cccc(Cl)c2n1C1CCCCC1. The molecule has 0 atom stereocenters. The average molecular weight is 281 g/mol. The van der Waals surface area contributed by atoms with Gasteiger partial charge in [0.2, 0.25) is 0 Å². The maximum Gasteiger partial charge on any atom is 0.169 e. The summed E-state index contributed by atoms with van der Waals surface area (Å²) < 4.78 is 2.38. The Balaban J connectivity index is 2.17. The molecule has 1 aromatic carbocycles. The van der Waals surface area contributed by atoms with Crippen LogP contribution in [0.3, 0.4) is 0 Å². The first-order chi connectivity index (χ1) is 8.81. The van der Waals surface area contributed by atoms with Crippen LogP contribution in [0, 0.1) is 0 Å². The Bertz CT molecular complexity index is 558. The van der Waals surface area contributed by atoms with E-state index in [1.807, 2.05) is 12.1 Å². The van der Waals surface area contributed by atoms with Gasteiger partial charge in [0.05, 0.1) is 16.1 Å². The van der Waals surface area contributed by atoms with Gasteiger partial charge in [0.15, 0.2) is 5.16 Å². The molecular weight excluding hydrogens is 264 g/mol. The first-order valence-electron chi connectivity index (χ1n) is 6.51. The molecule has 0 aliphatic heterocycles. The monoisotopic (exact) mass is 280 g/mol. The van der Waals surface area contributed by atoms with Crippen molar-refractivity contribution in [2.75, 3.05) is 6.26 Å². The van der Waals surface area contributed by atoms with E-state index in [-0.39, 0.29) is 0 Å². The standard InChI is InChI=1S/C14H17ClN2S/c1-18-14-16-12-9-5-8-11(15)13(12)17(14)10-6-3-2-4-7-10/h5,8-10H,2-4,6-7H2,1H3. The van der Waals surface area contributed by atoms with Crippen molar-refractivity contribution in [2.45, 2.75) is 43.3 Å². The number of halogens is 1. The lowest BCUT2D eigenvalue weighted by molar-refractivity contribution is 0.344. The number of aromatic nitrogens is 2. The number of hydrogen-bond donors (Lipinski definition) is 0. The summed E-state index contributed by atoms with van der Waals surface area (Å²) in [6.07, 6.45) is 8.61. The molecule has 1 aromatic heterocycles. The molecule has 0 radical (unpaired) electrons. The zero-order chi connectivity index (χ0) is 12.5. The second-order valence-electron chi connectivity index (χ2n) is 4.87. The highest BCUT2D eigenvalue weighted by atomic mass is 35.5. The van der Waals surface area contributed by atoms with Crippen LogP contribution in [0.15, 0.2) is 23.4 Å². The van der Waals surface area contributed by atoms with Gasteiger partial charge in [-0.25, -0.2) is 4.98 Å². The van der Waals surface area contributed by atoms with Crippen molar-refractivity contribution in [3.05, 3.63) is 23.2 Å². The average Bonchev–Trinajstić information content (AvgIpc) is 2.79. The normalized spacial score (nSPS) is 17.4. The van der Waals surface area contributed by atoms with E-state index < -0.39 is 0 Å². The Morgan fingerprint density at radius 1 is 1.28 bits per heavy atom. The summed E-state index contributed by atoms with van der Waals surface area (Å²) in [6, 6.07) is 6.58. The zero-order valence-corrected chi connectivity index (χ0v) is 12.1. The van der Waals surface area contributed by atoms with Crippen LogP contribution in [0.25, 0.3) is 11.0 Å². The highest BCUT2D eigenvalue weighted by Crippen LogP contribution is 2.37. The number of fused-ring (bicyclic) bond motifs is 1. The van der Waals surface area contributed by atoms with Gasteiger partial charge < -0.3 is 4.57 Å². The van der Waals surface area contributed by atoms with Gasteiger partial charge in [-0.15, -0.1) is 0 Å². The van der Waals surface area contributed by atoms with Crippen molar-refractivity contribution in [2.24, 2.45) is 0 Å². The van der Waals surface area contributed by atoms with Crippen molar-refractivity contribution >= 4 is 34.4 Å². The van der Waals surface area contributed by atoms with E-state index in [1.54, 1.807) is 11.8 Å². The molecule has 0 amide bonds. The summed E-state index contributed by atoms with van der Waals surface area (Å²) in [5, 5.41) is 1.93. The summed E-state index contributed by atoms with van der Waals surface area (Å²) in [4.78, 5) is 4.71. The van der Waals surface area contributed by atoms with Gasteiger partial charge in [0.25, 0.3) is 0 Å². The van der Waals surface area contributed by atoms with E-state index in [0.717, 1.165) is 21.2 Å². The van der Waals surface area contributed by atoms with Gasteiger partial charge in [0.1, 0.15) is 0 Å². The van der Waals surface area contributed by atoms with Crippen LogP contribution < -0.4 is 0 Å². The smallest absolute Gasteiger partial charge is 0.169 e. The number of para-hydroxylation sites is 1. The molecule has 2 aromatic rings. The minimum Gasteiger partial charge on any atom is -0.315 e. The third kappa shape index (κ3) is 2.04. The fraction of sp³-hybridized carbons (Fsp3) is 0.500. The topological polar surface area (TPSA) is 17.8 Å². The molecule has 0 unspecified atom stereocenters. The highest BCUT2D eigenvalue weighted by Gasteiger charge is 2.22. The number of nitrogens with zero attached hydrogens (tertiary/aromatic N) is 2. The van der Waals surface area contributed by atoms with Crippen LogP contribution >= 0.6 is 23.4 Å². The fourth-order valence-corrected chi connectivity index (χ4v) is 3.79. The van der Waals surface area contributed by atoms with Gasteiger partial charge in [-0.2, -0.15) is 0 Å². The molecule has 3 rings (SSSR count). The maximum atomic E-state index is 6.38. The molecule has 1 aliphatic carbocycles. The summed E-state index contributed by atoms with van der Waals surface area (Å²) in [6.45, 7) is 0. The van der Waals surface area contributed by atoms with Crippen LogP contribution in [0.4, 0.5) is 0 Å². The Morgan fingerprint density at radius 3 is 2.78 bits per heavy atom. The molecule has 4 heteroatoms. The first kappa shape index (κ1) is 12.4. The number of rotatable bonds is 2. The van der Waals surface area contributed by atoms with Crippen molar-refractivity contribution in [3.63, 3.8) is 0 Å².